The Hall–Kier alpha value is -2.40. The van der Waals surface area contributed by atoms with E-state index in [-0.39, 0.29) is 5.91 Å². The molecule has 128 valence electrons. The quantitative estimate of drug-likeness (QED) is 0.740. The van der Waals surface area contributed by atoms with Gasteiger partial charge in [0.05, 0.1) is 12.2 Å². The molecule has 25 heavy (non-hydrogen) atoms. The van der Waals surface area contributed by atoms with Gasteiger partial charge in [0.1, 0.15) is 0 Å². The van der Waals surface area contributed by atoms with Gasteiger partial charge in [-0.25, -0.2) is 0 Å². The van der Waals surface area contributed by atoms with Gasteiger partial charge in [-0.05, 0) is 30.2 Å². The minimum atomic E-state index is 0.0848. The standard InChI is InChI=1S/C20H21N3OS/c24-20(14-23-11-12-25-19-8-4-3-7-18(19)23)21-10-9-15-13-22-17-6-2-1-5-16(15)17/h1-8,13,22H,9-12,14H2,(H,21,24). The van der Waals surface area contributed by atoms with Crippen LogP contribution in [0.2, 0.25) is 0 Å². The SMILES string of the molecule is O=C(CN1CCSc2ccccc21)NCCc1c[nH]c2ccccc12. The van der Waals surface area contributed by atoms with Gasteiger partial charge >= 0.3 is 0 Å². The summed E-state index contributed by atoms with van der Waals surface area (Å²) < 4.78 is 0. The fraction of sp³-hybridized carbons (Fsp3) is 0.250. The second kappa shape index (κ2) is 7.23. The summed E-state index contributed by atoms with van der Waals surface area (Å²) in [4.78, 5) is 19.1. The van der Waals surface area contributed by atoms with Crippen molar-refractivity contribution in [2.75, 3.05) is 30.3 Å². The van der Waals surface area contributed by atoms with Crippen molar-refractivity contribution >= 4 is 34.3 Å². The highest BCUT2D eigenvalue weighted by molar-refractivity contribution is 7.99. The number of H-pyrrole nitrogens is 1. The maximum Gasteiger partial charge on any atom is 0.239 e. The Morgan fingerprint density at radius 3 is 2.96 bits per heavy atom. The number of amides is 1. The highest BCUT2D eigenvalue weighted by Gasteiger charge is 2.18. The molecule has 0 bridgehead atoms. The molecule has 2 N–H and O–H groups in total. The van der Waals surface area contributed by atoms with Crippen LogP contribution in [0.4, 0.5) is 5.69 Å². The fourth-order valence-electron chi connectivity index (χ4n) is 3.30. The number of rotatable bonds is 5. The molecule has 4 rings (SSSR count). The van der Waals surface area contributed by atoms with Crippen LogP contribution < -0.4 is 10.2 Å². The number of hydrogen-bond acceptors (Lipinski definition) is 3. The molecule has 0 fully saturated rings. The lowest BCUT2D eigenvalue weighted by Crippen LogP contribution is -2.40. The molecule has 1 aliphatic heterocycles. The van der Waals surface area contributed by atoms with E-state index in [4.69, 9.17) is 0 Å². The Balaban J connectivity index is 1.33. The van der Waals surface area contributed by atoms with Crippen LogP contribution in [-0.2, 0) is 11.2 Å². The van der Waals surface area contributed by atoms with Gasteiger partial charge in [-0.2, -0.15) is 0 Å². The smallest absolute Gasteiger partial charge is 0.239 e. The van der Waals surface area contributed by atoms with Crippen LogP contribution in [0, 0.1) is 0 Å². The molecule has 1 amide bonds. The first-order chi connectivity index (χ1) is 12.3. The molecule has 5 heteroatoms. The van der Waals surface area contributed by atoms with E-state index in [0.717, 1.165) is 24.2 Å². The van der Waals surface area contributed by atoms with Crippen LogP contribution in [0.15, 0.2) is 59.6 Å². The summed E-state index contributed by atoms with van der Waals surface area (Å²) in [7, 11) is 0. The summed E-state index contributed by atoms with van der Waals surface area (Å²) in [5.41, 5.74) is 3.56. The van der Waals surface area contributed by atoms with E-state index in [2.05, 4.69) is 45.5 Å². The summed E-state index contributed by atoms with van der Waals surface area (Å²) in [5, 5.41) is 4.30. The third-order valence-corrected chi connectivity index (χ3v) is 5.59. The first-order valence-electron chi connectivity index (χ1n) is 8.60. The third kappa shape index (κ3) is 3.51. The van der Waals surface area contributed by atoms with Gasteiger partial charge in [-0.1, -0.05) is 30.3 Å². The molecule has 1 aromatic heterocycles. The lowest BCUT2D eigenvalue weighted by molar-refractivity contribution is -0.119. The largest absolute Gasteiger partial charge is 0.361 e. The van der Waals surface area contributed by atoms with Crippen molar-refractivity contribution in [3.05, 3.63) is 60.3 Å². The highest BCUT2D eigenvalue weighted by Crippen LogP contribution is 2.33. The molecule has 0 unspecified atom stereocenters. The minimum Gasteiger partial charge on any atom is -0.361 e. The number of carbonyl (C=O) groups excluding carboxylic acids is 1. The summed E-state index contributed by atoms with van der Waals surface area (Å²) >= 11 is 1.86. The molecule has 4 nitrogen and oxygen atoms in total. The zero-order valence-corrected chi connectivity index (χ0v) is 14.8. The number of aromatic nitrogens is 1. The Morgan fingerprint density at radius 2 is 2.00 bits per heavy atom. The van der Waals surface area contributed by atoms with Crippen molar-refractivity contribution in [2.45, 2.75) is 11.3 Å². The molecule has 2 aromatic carbocycles. The molecular weight excluding hydrogens is 330 g/mol. The Labute approximate surface area is 151 Å². The van der Waals surface area contributed by atoms with Crippen molar-refractivity contribution in [1.29, 1.82) is 0 Å². The second-order valence-corrected chi connectivity index (χ2v) is 7.33. The van der Waals surface area contributed by atoms with E-state index in [1.807, 2.05) is 36.2 Å². The number of para-hydroxylation sites is 2. The number of aromatic amines is 1. The van der Waals surface area contributed by atoms with Gasteiger partial charge < -0.3 is 15.2 Å². The maximum absolute atomic E-state index is 12.3. The van der Waals surface area contributed by atoms with E-state index in [9.17, 15) is 4.79 Å². The van der Waals surface area contributed by atoms with Gasteiger partial charge in [0.15, 0.2) is 0 Å². The molecule has 0 saturated heterocycles. The van der Waals surface area contributed by atoms with Crippen LogP contribution in [0.25, 0.3) is 10.9 Å². The lowest BCUT2D eigenvalue weighted by atomic mass is 10.1. The number of carbonyl (C=O) groups is 1. The van der Waals surface area contributed by atoms with Gasteiger partial charge in [0.25, 0.3) is 0 Å². The average molecular weight is 351 g/mol. The molecule has 0 aliphatic carbocycles. The highest BCUT2D eigenvalue weighted by atomic mass is 32.2. The summed E-state index contributed by atoms with van der Waals surface area (Å²) in [6.45, 7) is 1.99. The van der Waals surface area contributed by atoms with Crippen molar-refractivity contribution in [2.24, 2.45) is 0 Å². The molecule has 0 spiro atoms. The van der Waals surface area contributed by atoms with Crippen LogP contribution in [0.5, 0.6) is 0 Å². The molecule has 0 saturated carbocycles. The molecule has 0 atom stereocenters. The normalized spacial score (nSPS) is 13.7. The topological polar surface area (TPSA) is 48.1 Å². The first kappa shape index (κ1) is 16.1. The van der Waals surface area contributed by atoms with E-state index in [0.29, 0.717) is 13.1 Å². The second-order valence-electron chi connectivity index (χ2n) is 6.20. The number of hydrogen-bond donors (Lipinski definition) is 2. The van der Waals surface area contributed by atoms with Crippen molar-refractivity contribution < 1.29 is 4.79 Å². The lowest BCUT2D eigenvalue weighted by Gasteiger charge is -2.30. The van der Waals surface area contributed by atoms with Crippen LogP contribution in [0.3, 0.4) is 0 Å². The van der Waals surface area contributed by atoms with Gasteiger partial charge in [0.2, 0.25) is 5.91 Å². The van der Waals surface area contributed by atoms with Crippen LogP contribution in [0.1, 0.15) is 5.56 Å². The van der Waals surface area contributed by atoms with E-state index >= 15 is 0 Å². The summed E-state index contributed by atoms with van der Waals surface area (Å²) in [6.07, 6.45) is 2.87. The van der Waals surface area contributed by atoms with Crippen LogP contribution in [-0.4, -0.2) is 36.3 Å². The Kier molecular flexibility index (Phi) is 4.65. The number of nitrogens with zero attached hydrogens (tertiary/aromatic N) is 1. The monoisotopic (exact) mass is 351 g/mol. The number of anilines is 1. The Morgan fingerprint density at radius 1 is 1.16 bits per heavy atom. The number of nitrogens with one attached hydrogen (secondary N) is 2. The van der Waals surface area contributed by atoms with Crippen molar-refractivity contribution in [1.82, 2.24) is 10.3 Å². The zero-order valence-electron chi connectivity index (χ0n) is 14.0. The number of benzene rings is 2. The third-order valence-electron chi connectivity index (χ3n) is 4.55. The van der Waals surface area contributed by atoms with E-state index < -0.39 is 0 Å². The van der Waals surface area contributed by atoms with E-state index in [1.165, 1.54) is 21.5 Å². The number of thioether (sulfide) groups is 1. The fourth-order valence-corrected chi connectivity index (χ4v) is 4.35. The molecule has 3 aromatic rings. The Bertz CT molecular complexity index is 889. The van der Waals surface area contributed by atoms with E-state index in [1.54, 1.807) is 0 Å². The molecule has 0 radical (unpaired) electrons. The minimum absolute atomic E-state index is 0.0848. The first-order valence-corrected chi connectivity index (χ1v) is 9.58. The van der Waals surface area contributed by atoms with Gasteiger partial charge in [0, 0.05) is 40.8 Å². The van der Waals surface area contributed by atoms with Gasteiger partial charge in [-0.3, -0.25) is 4.79 Å². The molecule has 1 aliphatic rings. The number of fused-ring (bicyclic) bond motifs is 2. The van der Waals surface area contributed by atoms with Crippen LogP contribution >= 0.6 is 11.8 Å². The van der Waals surface area contributed by atoms with Gasteiger partial charge in [-0.15, -0.1) is 11.8 Å². The summed E-state index contributed by atoms with van der Waals surface area (Å²) in [5.74, 6) is 1.11. The molecule has 2 heterocycles. The zero-order chi connectivity index (χ0) is 17.1. The predicted octanol–water partition coefficient (Wildman–Crippen LogP) is 3.44. The van der Waals surface area contributed by atoms with Crippen molar-refractivity contribution in [3.63, 3.8) is 0 Å². The maximum atomic E-state index is 12.3. The molecular formula is C20H21N3OS. The predicted molar refractivity (Wildman–Crippen MR) is 104 cm³/mol. The average Bonchev–Trinajstić information content (AvgIpc) is 3.05. The summed E-state index contributed by atoms with van der Waals surface area (Å²) in [6, 6.07) is 16.6. The van der Waals surface area contributed by atoms with Crippen molar-refractivity contribution in [3.8, 4) is 0 Å².